The summed E-state index contributed by atoms with van der Waals surface area (Å²) in [6.07, 6.45) is 11.9. The number of benzene rings is 3. The van der Waals surface area contributed by atoms with Crippen LogP contribution < -0.4 is 0 Å². The van der Waals surface area contributed by atoms with Crippen LogP contribution >= 0.6 is 0 Å². The number of carboxylic acid groups (broad SMARTS) is 1. The smallest absolute Gasteiger partial charge is 0.305 e. The van der Waals surface area contributed by atoms with Gasteiger partial charge in [-0.1, -0.05) is 104 Å². The Kier molecular flexibility index (Phi) is 7.07. The van der Waals surface area contributed by atoms with Gasteiger partial charge in [0.15, 0.2) is 0 Å². The zero-order chi connectivity index (χ0) is 29.2. The van der Waals surface area contributed by atoms with Gasteiger partial charge in [-0.25, -0.2) is 9.97 Å². The first-order chi connectivity index (χ1) is 21.2. The lowest BCUT2D eigenvalue weighted by Crippen LogP contribution is -2.37. The first-order valence-corrected chi connectivity index (χ1v) is 14.9. The standard InChI is InChI=1S/C36H33N5O2/c42-33(43)22-32(26-12-10-11-13-26)41-24-27(23-39-41)34-31-20-21-40(35(31)38-25-37-34)36(28-14-4-1-5-15-28,29-16-6-2-7-17-29)30-18-8-3-9-19-30/h1-9,14-21,23-26,32H,10-13,22H2,(H,42,43). The molecule has 214 valence electrons. The molecule has 0 amide bonds. The van der Waals surface area contributed by atoms with Gasteiger partial charge in [0.2, 0.25) is 0 Å². The molecule has 7 rings (SSSR count). The summed E-state index contributed by atoms with van der Waals surface area (Å²) in [7, 11) is 0. The monoisotopic (exact) mass is 567 g/mol. The van der Waals surface area contributed by atoms with Gasteiger partial charge in [-0.2, -0.15) is 5.10 Å². The number of aromatic nitrogens is 5. The molecule has 1 aliphatic rings. The minimum Gasteiger partial charge on any atom is -0.481 e. The van der Waals surface area contributed by atoms with Gasteiger partial charge in [-0.3, -0.25) is 9.48 Å². The van der Waals surface area contributed by atoms with Crippen LogP contribution in [0.25, 0.3) is 22.3 Å². The molecule has 3 heterocycles. The van der Waals surface area contributed by atoms with E-state index in [2.05, 4.69) is 94.7 Å². The van der Waals surface area contributed by atoms with Crippen molar-refractivity contribution < 1.29 is 9.90 Å². The lowest BCUT2D eigenvalue weighted by molar-refractivity contribution is -0.138. The maximum absolute atomic E-state index is 11.8. The topological polar surface area (TPSA) is 85.8 Å². The summed E-state index contributed by atoms with van der Waals surface area (Å²) < 4.78 is 4.11. The Morgan fingerprint density at radius 1 is 0.837 bits per heavy atom. The molecular weight excluding hydrogens is 534 g/mol. The zero-order valence-corrected chi connectivity index (χ0v) is 23.8. The van der Waals surface area contributed by atoms with Crippen molar-refractivity contribution in [1.29, 1.82) is 0 Å². The van der Waals surface area contributed by atoms with Crippen molar-refractivity contribution in [3.63, 3.8) is 0 Å². The first kappa shape index (κ1) is 26.8. The van der Waals surface area contributed by atoms with E-state index in [0.29, 0.717) is 5.92 Å². The molecule has 0 aliphatic heterocycles. The highest BCUT2D eigenvalue weighted by Crippen LogP contribution is 2.43. The highest BCUT2D eigenvalue weighted by atomic mass is 16.4. The van der Waals surface area contributed by atoms with Crippen molar-refractivity contribution in [3.05, 3.63) is 139 Å². The fourth-order valence-electron chi connectivity index (χ4n) is 7.05. The third-order valence-electron chi connectivity index (χ3n) is 8.96. The van der Waals surface area contributed by atoms with Crippen LogP contribution in [-0.4, -0.2) is 35.4 Å². The molecule has 7 heteroatoms. The van der Waals surface area contributed by atoms with Gasteiger partial charge < -0.3 is 9.67 Å². The Morgan fingerprint density at radius 2 is 1.42 bits per heavy atom. The predicted molar refractivity (Wildman–Crippen MR) is 167 cm³/mol. The minimum absolute atomic E-state index is 0.0646. The molecule has 1 fully saturated rings. The number of carbonyl (C=O) groups is 1. The third kappa shape index (κ3) is 4.71. The van der Waals surface area contributed by atoms with Crippen molar-refractivity contribution in [2.24, 2.45) is 5.92 Å². The van der Waals surface area contributed by atoms with Gasteiger partial charge in [-0.05, 0) is 41.5 Å². The number of hydrogen-bond acceptors (Lipinski definition) is 4. The fourth-order valence-corrected chi connectivity index (χ4v) is 7.05. The van der Waals surface area contributed by atoms with Gasteiger partial charge in [0.25, 0.3) is 0 Å². The van der Waals surface area contributed by atoms with Gasteiger partial charge in [0.05, 0.1) is 24.4 Å². The number of hydrogen-bond donors (Lipinski definition) is 1. The summed E-state index contributed by atoms with van der Waals surface area (Å²) in [5.41, 5.74) is 5.08. The van der Waals surface area contributed by atoms with E-state index in [1.807, 2.05) is 35.3 Å². The van der Waals surface area contributed by atoms with E-state index in [1.54, 1.807) is 6.33 Å². The molecule has 1 N–H and O–H groups in total. The maximum Gasteiger partial charge on any atom is 0.305 e. The zero-order valence-electron chi connectivity index (χ0n) is 23.8. The maximum atomic E-state index is 11.8. The Balaban J connectivity index is 1.41. The van der Waals surface area contributed by atoms with Crippen LogP contribution in [0, 0.1) is 5.92 Å². The van der Waals surface area contributed by atoms with E-state index < -0.39 is 11.5 Å². The number of nitrogens with zero attached hydrogens (tertiary/aromatic N) is 5. The summed E-state index contributed by atoms with van der Waals surface area (Å²) >= 11 is 0. The third-order valence-corrected chi connectivity index (χ3v) is 8.96. The largest absolute Gasteiger partial charge is 0.481 e. The molecule has 43 heavy (non-hydrogen) atoms. The van der Waals surface area contributed by atoms with Crippen molar-refractivity contribution in [2.45, 2.75) is 43.7 Å². The summed E-state index contributed by atoms with van der Waals surface area (Å²) in [4.78, 5) is 21.4. The average Bonchev–Trinajstić information content (AvgIpc) is 3.84. The van der Waals surface area contributed by atoms with Gasteiger partial charge in [0, 0.05) is 23.3 Å². The summed E-state index contributed by atoms with van der Waals surface area (Å²) in [5.74, 6) is -0.479. The minimum atomic E-state index is -0.797. The normalized spacial score (nSPS) is 14.7. The van der Waals surface area contributed by atoms with E-state index in [4.69, 9.17) is 9.97 Å². The van der Waals surface area contributed by atoms with Gasteiger partial charge in [0.1, 0.15) is 17.5 Å². The molecule has 1 aliphatic carbocycles. The molecule has 6 aromatic rings. The van der Waals surface area contributed by atoms with Crippen LogP contribution in [0.15, 0.2) is 122 Å². The van der Waals surface area contributed by atoms with Crippen molar-refractivity contribution in [1.82, 2.24) is 24.3 Å². The molecule has 0 bridgehead atoms. The van der Waals surface area contributed by atoms with E-state index >= 15 is 0 Å². The molecule has 3 aromatic heterocycles. The van der Waals surface area contributed by atoms with Crippen molar-refractivity contribution >= 4 is 17.0 Å². The van der Waals surface area contributed by atoms with Crippen molar-refractivity contribution in [2.75, 3.05) is 0 Å². The molecule has 7 nitrogen and oxygen atoms in total. The second-order valence-corrected chi connectivity index (χ2v) is 11.4. The summed E-state index contributed by atoms with van der Waals surface area (Å²) in [6.45, 7) is 0. The first-order valence-electron chi connectivity index (χ1n) is 14.9. The second-order valence-electron chi connectivity index (χ2n) is 11.4. The Bertz CT molecular complexity index is 1740. The molecule has 3 aromatic carbocycles. The lowest BCUT2D eigenvalue weighted by atomic mass is 9.76. The summed E-state index contributed by atoms with van der Waals surface area (Å²) in [6, 6.07) is 33.5. The van der Waals surface area contributed by atoms with E-state index in [0.717, 1.165) is 64.7 Å². The number of fused-ring (bicyclic) bond motifs is 1. The summed E-state index contributed by atoms with van der Waals surface area (Å²) in [5, 5.41) is 15.3. The van der Waals surface area contributed by atoms with Crippen LogP contribution in [0.5, 0.6) is 0 Å². The number of rotatable bonds is 9. The number of carboxylic acids is 1. The van der Waals surface area contributed by atoms with Crippen LogP contribution in [0.4, 0.5) is 0 Å². The van der Waals surface area contributed by atoms with E-state index in [1.165, 1.54) is 0 Å². The van der Waals surface area contributed by atoms with Crippen LogP contribution in [0.1, 0.15) is 54.8 Å². The highest BCUT2D eigenvalue weighted by Gasteiger charge is 2.39. The van der Waals surface area contributed by atoms with Crippen LogP contribution in [0.3, 0.4) is 0 Å². The Hall–Kier alpha value is -5.04. The van der Waals surface area contributed by atoms with Crippen molar-refractivity contribution in [3.8, 4) is 11.3 Å². The lowest BCUT2D eigenvalue weighted by Gasteiger charge is -2.38. The van der Waals surface area contributed by atoms with Gasteiger partial charge >= 0.3 is 5.97 Å². The molecule has 1 saturated carbocycles. The Morgan fingerprint density at radius 3 is 1.98 bits per heavy atom. The fraction of sp³-hybridized carbons (Fsp3) is 0.222. The molecule has 0 radical (unpaired) electrons. The van der Waals surface area contributed by atoms with Crippen LogP contribution in [0.2, 0.25) is 0 Å². The molecule has 1 unspecified atom stereocenters. The average molecular weight is 568 g/mol. The van der Waals surface area contributed by atoms with E-state index in [-0.39, 0.29) is 12.5 Å². The van der Waals surface area contributed by atoms with Crippen LogP contribution in [-0.2, 0) is 10.3 Å². The Labute approximate surface area is 250 Å². The quantitative estimate of drug-likeness (QED) is 0.185. The van der Waals surface area contributed by atoms with Gasteiger partial charge in [-0.15, -0.1) is 0 Å². The second kappa shape index (κ2) is 11.3. The SMILES string of the molecule is O=C(O)CC(C1CCCC1)n1cc(-c2ncnc3c2ccn3C(c2ccccc2)(c2ccccc2)c2ccccc2)cn1. The predicted octanol–water partition coefficient (Wildman–Crippen LogP) is 7.34. The molecular formula is C36H33N5O2. The van der Waals surface area contributed by atoms with E-state index in [9.17, 15) is 9.90 Å². The highest BCUT2D eigenvalue weighted by molar-refractivity contribution is 5.91. The molecule has 1 atom stereocenters. The molecule has 0 spiro atoms. The number of aliphatic carboxylic acids is 1. The molecule has 0 saturated heterocycles.